The highest BCUT2D eigenvalue weighted by Crippen LogP contribution is 2.43. The summed E-state index contributed by atoms with van der Waals surface area (Å²) in [5, 5.41) is 3.28. The molecule has 0 radical (unpaired) electrons. The zero-order chi connectivity index (χ0) is 13.3. The highest BCUT2D eigenvalue weighted by Gasteiger charge is 2.40. The highest BCUT2D eigenvalue weighted by molar-refractivity contribution is 8.00. The van der Waals surface area contributed by atoms with Crippen LogP contribution in [0, 0.1) is 11.8 Å². The van der Waals surface area contributed by atoms with Crippen molar-refractivity contribution in [1.29, 1.82) is 0 Å². The first kappa shape index (κ1) is 13.7. The van der Waals surface area contributed by atoms with Crippen LogP contribution in [0.15, 0.2) is 0 Å². The molecule has 19 heavy (non-hydrogen) atoms. The van der Waals surface area contributed by atoms with Gasteiger partial charge in [-0.15, -0.1) is 0 Å². The number of hydrogen-bond acceptors (Lipinski definition) is 3. The van der Waals surface area contributed by atoms with E-state index in [0.717, 1.165) is 31.9 Å². The molecular weight excluding hydrogens is 256 g/mol. The number of carbonyl (C=O) groups is 1. The van der Waals surface area contributed by atoms with Gasteiger partial charge in [0.25, 0.3) is 0 Å². The van der Waals surface area contributed by atoms with Gasteiger partial charge in [0.15, 0.2) is 0 Å². The van der Waals surface area contributed by atoms with Crippen molar-refractivity contribution < 1.29 is 4.79 Å². The number of thioether (sulfide) groups is 1. The van der Waals surface area contributed by atoms with Crippen LogP contribution >= 0.6 is 11.8 Å². The summed E-state index contributed by atoms with van der Waals surface area (Å²) < 4.78 is 0.406. The monoisotopic (exact) mass is 282 g/mol. The van der Waals surface area contributed by atoms with Gasteiger partial charge in [-0.3, -0.25) is 4.79 Å². The standard InChI is InChI=1S/C15H26N2OS/c1-12(13-9-16-10-13)14(18)17-7-8-19-15(11-17)5-3-2-4-6-15/h12-13,16H,2-11H2,1H3. The molecule has 1 N–H and O–H groups in total. The SMILES string of the molecule is CC(C(=O)N1CCSC2(CCCCC2)C1)C1CNC1. The van der Waals surface area contributed by atoms with Gasteiger partial charge in [-0.25, -0.2) is 0 Å². The van der Waals surface area contributed by atoms with Crippen molar-refractivity contribution in [2.75, 3.05) is 31.9 Å². The van der Waals surface area contributed by atoms with Crippen molar-refractivity contribution >= 4 is 17.7 Å². The molecule has 0 aromatic heterocycles. The summed E-state index contributed by atoms with van der Waals surface area (Å²) in [5.41, 5.74) is 0. The molecule has 3 aliphatic rings. The minimum Gasteiger partial charge on any atom is -0.340 e. The van der Waals surface area contributed by atoms with Crippen LogP contribution < -0.4 is 5.32 Å². The first-order valence-corrected chi connectivity index (χ1v) is 8.82. The quantitative estimate of drug-likeness (QED) is 0.842. The maximum absolute atomic E-state index is 12.6. The van der Waals surface area contributed by atoms with E-state index < -0.39 is 0 Å². The Bertz CT molecular complexity index is 332. The van der Waals surface area contributed by atoms with Crippen LogP contribution in [0.5, 0.6) is 0 Å². The first-order chi connectivity index (χ1) is 9.20. The fourth-order valence-electron chi connectivity index (χ4n) is 3.69. The Morgan fingerprint density at radius 3 is 2.68 bits per heavy atom. The van der Waals surface area contributed by atoms with E-state index in [1.165, 1.54) is 32.1 Å². The summed E-state index contributed by atoms with van der Waals surface area (Å²) in [6.07, 6.45) is 6.75. The van der Waals surface area contributed by atoms with E-state index in [2.05, 4.69) is 28.9 Å². The van der Waals surface area contributed by atoms with Crippen LogP contribution in [0.2, 0.25) is 0 Å². The molecule has 2 aliphatic heterocycles. The molecule has 3 rings (SSSR count). The van der Waals surface area contributed by atoms with E-state index in [9.17, 15) is 4.79 Å². The van der Waals surface area contributed by atoms with E-state index in [4.69, 9.17) is 0 Å². The van der Waals surface area contributed by atoms with Gasteiger partial charge in [-0.05, 0) is 31.8 Å². The first-order valence-electron chi connectivity index (χ1n) is 7.84. The number of hydrogen-bond donors (Lipinski definition) is 1. The summed E-state index contributed by atoms with van der Waals surface area (Å²) in [6.45, 7) is 6.17. The van der Waals surface area contributed by atoms with Gasteiger partial charge in [0.2, 0.25) is 5.91 Å². The maximum Gasteiger partial charge on any atom is 0.225 e. The van der Waals surface area contributed by atoms with Gasteiger partial charge in [0.1, 0.15) is 0 Å². The molecule has 108 valence electrons. The lowest BCUT2D eigenvalue weighted by Gasteiger charge is -2.46. The minimum atomic E-state index is 0.213. The van der Waals surface area contributed by atoms with E-state index >= 15 is 0 Å². The lowest BCUT2D eigenvalue weighted by Crippen LogP contribution is -2.55. The molecule has 1 aliphatic carbocycles. The number of carbonyl (C=O) groups excluding carboxylic acids is 1. The molecule has 3 nitrogen and oxygen atoms in total. The van der Waals surface area contributed by atoms with Crippen LogP contribution in [-0.2, 0) is 4.79 Å². The van der Waals surface area contributed by atoms with Gasteiger partial charge in [0, 0.05) is 29.5 Å². The molecule has 0 aromatic carbocycles. The third-order valence-corrected chi connectivity index (χ3v) is 6.77. The molecular formula is C15H26N2OS. The Morgan fingerprint density at radius 1 is 1.32 bits per heavy atom. The van der Waals surface area contributed by atoms with Crippen LogP contribution in [0.4, 0.5) is 0 Å². The average Bonchev–Trinajstić information content (AvgIpc) is 2.37. The molecule has 3 fully saturated rings. The number of nitrogens with zero attached hydrogens (tertiary/aromatic N) is 1. The molecule has 4 heteroatoms. The number of rotatable bonds is 2. The third kappa shape index (κ3) is 2.80. The van der Waals surface area contributed by atoms with E-state index in [1.54, 1.807) is 0 Å². The Hall–Kier alpha value is -0.220. The largest absolute Gasteiger partial charge is 0.340 e. The zero-order valence-corrected chi connectivity index (χ0v) is 12.8. The summed E-state index contributed by atoms with van der Waals surface area (Å²) in [6, 6.07) is 0. The summed E-state index contributed by atoms with van der Waals surface area (Å²) in [7, 11) is 0. The predicted octanol–water partition coefficient (Wildman–Crippen LogP) is 2.12. The van der Waals surface area contributed by atoms with Crippen LogP contribution in [0.3, 0.4) is 0 Å². The minimum absolute atomic E-state index is 0.213. The lowest BCUT2D eigenvalue weighted by molar-refractivity contribution is -0.137. The Balaban J connectivity index is 1.62. The van der Waals surface area contributed by atoms with Crippen LogP contribution in [0.1, 0.15) is 39.0 Å². The molecule has 1 saturated carbocycles. The Morgan fingerprint density at radius 2 is 2.05 bits per heavy atom. The van der Waals surface area contributed by atoms with E-state index in [0.29, 0.717) is 16.6 Å². The van der Waals surface area contributed by atoms with Crippen molar-refractivity contribution in [3.8, 4) is 0 Å². The van der Waals surface area contributed by atoms with Crippen molar-refractivity contribution in [2.24, 2.45) is 11.8 Å². The highest BCUT2D eigenvalue weighted by atomic mass is 32.2. The summed E-state index contributed by atoms with van der Waals surface area (Å²) in [4.78, 5) is 14.8. The summed E-state index contributed by atoms with van der Waals surface area (Å²) in [5.74, 6) is 2.34. The zero-order valence-electron chi connectivity index (χ0n) is 12.0. The molecule has 1 amide bonds. The normalized spacial score (nSPS) is 29.0. The molecule has 2 saturated heterocycles. The molecule has 2 heterocycles. The molecule has 0 bridgehead atoms. The second-order valence-corrected chi connectivity index (χ2v) is 8.12. The molecule has 1 unspecified atom stereocenters. The molecule has 1 atom stereocenters. The van der Waals surface area contributed by atoms with Gasteiger partial charge < -0.3 is 10.2 Å². The topological polar surface area (TPSA) is 32.3 Å². The number of nitrogens with one attached hydrogen (secondary N) is 1. The van der Waals surface area contributed by atoms with Crippen molar-refractivity contribution in [2.45, 2.75) is 43.8 Å². The Labute approximate surface area is 120 Å². The van der Waals surface area contributed by atoms with Crippen molar-refractivity contribution in [1.82, 2.24) is 10.2 Å². The lowest BCUT2D eigenvalue weighted by atomic mass is 9.85. The molecule has 0 aromatic rings. The maximum atomic E-state index is 12.6. The molecule has 1 spiro atoms. The van der Waals surface area contributed by atoms with Crippen LogP contribution in [0.25, 0.3) is 0 Å². The fraction of sp³-hybridized carbons (Fsp3) is 0.933. The smallest absolute Gasteiger partial charge is 0.225 e. The Kier molecular flexibility index (Phi) is 4.08. The predicted molar refractivity (Wildman–Crippen MR) is 80.4 cm³/mol. The van der Waals surface area contributed by atoms with E-state index in [-0.39, 0.29) is 5.92 Å². The van der Waals surface area contributed by atoms with Crippen molar-refractivity contribution in [3.63, 3.8) is 0 Å². The van der Waals surface area contributed by atoms with E-state index in [1.807, 2.05) is 0 Å². The fourth-order valence-corrected chi connectivity index (χ4v) is 5.25. The third-order valence-electron chi connectivity index (χ3n) is 5.23. The average molecular weight is 282 g/mol. The van der Waals surface area contributed by atoms with Gasteiger partial charge in [0.05, 0.1) is 0 Å². The van der Waals surface area contributed by atoms with Gasteiger partial charge >= 0.3 is 0 Å². The van der Waals surface area contributed by atoms with Crippen molar-refractivity contribution in [3.05, 3.63) is 0 Å². The van der Waals surface area contributed by atoms with Gasteiger partial charge in [-0.1, -0.05) is 26.2 Å². The second kappa shape index (κ2) is 5.65. The van der Waals surface area contributed by atoms with Gasteiger partial charge in [-0.2, -0.15) is 11.8 Å². The second-order valence-electron chi connectivity index (χ2n) is 6.56. The summed E-state index contributed by atoms with van der Waals surface area (Å²) >= 11 is 2.14. The van der Waals surface area contributed by atoms with Crippen LogP contribution in [-0.4, -0.2) is 47.5 Å². The number of amides is 1.